The van der Waals surface area contributed by atoms with Crippen molar-refractivity contribution in [1.29, 1.82) is 0 Å². The van der Waals surface area contributed by atoms with Crippen LogP contribution in [-0.2, 0) is 26.5 Å². The Hall–Kier alpha value is -4.94. The Balaban J connectivity index is 0.000000243. The van der Waals surface area contributed by atoms with E-state index in [0.717, 1.165) is 62.1 Å². The van der Waals surface area contributed by atoms with Gasteiger partial charge in [-0.05, 0) is 88.5 Å². The van der Waals surface area contributed by atoms with Crippen molar-refractivity contribution < 1.29 is 27.3 Å². The van der Waals surface area contributed by atoms with E-state index < -0.39 is 8.07 Å². The molecule has 0 saturated carbocycles. The number of hydrogen-bond acceptors (Lipinski definition) is 4. The maximum atomic E-state index is 9.00. The maximum Gasteiger partial charge on any atom is 0.216 e. The molecule has 5 nitrogen and oxygen atoms in total. The van der Waals surface area contributed by atoms with E-state index >= 15 is 0 Å². The topological polar surface area (TPSA) is 56.7 Å². The zero-order valence-corrected chi connectivity index (χ0v) is 38.7. The van der Waals surface area contributed by atoms with Crippen molar-refractivity contribution in [2.24, 2.45) is 5.92 Å². The fraction of sp³-hybridized carbons (Fsp3) is 0.275. The summed E-state index contributed by atoms with van der Waals surface area (Å²) in [7, 11) is -1.34. The van der Waals surface area contributed by atoms with Crippen LogP contribution in [0.1, 0.15) is 78.5 Å². The third kappa shape index (κ3) is 9.03. The van der Waals surface area contributed by atoms with Crippen LogP contribution < -0.4 is 5.19 Å². The van der Waals surface area contributed by atoms with Crippen molar-refractivity contribution in [3.8, 4) is 39.5 Å². The Bertz CT molecular complexity index is 2720. The molecule has 8 aromatic rings. The summed E-state index contributed by atoms with van der Waals surface area (Å²) in [5.41, 5.74) is 11.6. The number of benzene rings is 4. The second kappa shape index (κ2) is 17.9. The largest absolute Gasteiger partial charge is 0.486 e. The van der Waals surface area contributed by atoms with Gasteiger partial charge in [0.1, 0.15) is 0 Å². The van der Waals surface area contributed by atoms with E-state index in [-0.39, 0.29) is 44.3 Å². The van der Waals surface area contributed by atoms with Crippen LogP contribution in [0.15, 0.2) is 120 Å². The van der Waals surface area contributed by atoms with E-state index in [1.165, 1.54) is 10.8 Å². The molecule has 8 rings (SSSR count). The molecule has 0 aliphatic rings. The van der Waals surface area contributed by atoms with Gasteiger partial charge in [-0.2, -0.15) is 0 Å². The molecule has 0 atom stereocenters. The van der Waals surface area contributed by atoms with Crippen LogP contribution in [0.2, 0.25) is 19.6 Å². The van der Waals surface area contributed by atoms with Crippen molar-refractivity contribution in [1.82, 2.24) is 19.5 Å². The van der Waals surface area contributed by atoms with E-state index in [4.69, 9.17) is 7.16 Å². The minimum absolute atomic E-state index is 0. The number of fused-ring (bicyclic) bond motifs is 3. The minimum atomic E-state index is -1.34. The second-order valence-electron chi connectivity index (χ2n) is 17.0. The molecule has 7 heteroatoms. The number of hydrogen-bond donors (Lipinski definition) is 0. The van der Waals surface area contributed by atoms with Crippen LogP contribution in [0.4, 0.5) is 0 Å². The van der Waals surface area contributed by atoms with Crippen LogP contribution in [0, 0.1) is 25.0 Å². The van der Waals surface area contributed by atoms with Crippen molar-refractivity contribution in [2.75, 3.05) is 0 Å². The number of pyridine rings is 2. The normalized spacial score (nSPS) is 12.2. The van der Waals surface area contributed by atoms with Crippen LogP contribution in [0.3, 0.4) is 0 Å². The molecule has 1 radical (unpaired) electrons. The summed E-state index contributed by atoms with van der Waals surface area (Å²) in [5.74, 6) is 1.48. The summed E-state index contributed by atoms with van der Waals surface area (Å²) >= 11 is 0. The van der Waals surface area contributed by atoms with E-state index in [0.29, 0.717) is 28.6 Å². The molecule has 0 aliphatic carbocycles. The quantitative estimate of drug-likeness (QED) is 0.107. The molecule has 4 heterocycles. The van der Waals surface area contributed by atoms with Crippen LogP contribution in [0.25, 0.3) is 61.5 Å². The second-order valence-corrected chi connectivity index (χ2v) is 22.1. The minimum Gasteiger partial charge on any atom is -0.486 e. The van der Waals surface area contributed by atoms with Gasteiger partial charge in [0.05, 0.1) is 22.2 Å². The van der Waals surface area contributed by atoms with E-state index in [1.54, 1.807) is 0 Å². The van der Waals surface area contributed by atoms with Gasteiger partial charge in [0.15, 0.2) is 0 Å². The average Bonchev–Trinajstić information content (AvgIpc) is 3.72. The average molecular weight is 961 g/mol. The summed E-state index contributed by atoms with van der Waals surface area (Å²) in [4.78, 5) is 13.9. The summed E-state index contributed by atoms with van der Waals surface area (Å²) in [6.07, 6.45) is 3.19. The monoisotopic (exact) mass is 961 g/mol. The predicted octanol–water partition coefficient (Wildman–Crippen LogP) is 13.1. The summed E-state index contributed by atoms with van der Waals surface area (Å²) in [6.45, 7) is 22.3. The van der Waals surface area contributed by atoms with Crippen LogP contribution in [0.5, 0.6) is 0 Å². The molecule has 4 aromatic heterocycles. The molecule has 0 aliphatic heterocycles. The number of furan rings is 1. The molecule has 0 fully saturated rings. The first-order chi connectivity index (χ1) is 28.1. The molecule has 0 spiro atoms. The van der Waals surface area contributed by atoms with Gasteiger partial charge in [-0.15, -0.1) is 54.1 Å². The summed E-state index contributed by atoms with van der Waals surface area (Å²) < 4.78 is 25.7. The number of aryl methyl sites for hydroxylation is 1. The van der Waals surface area contributed by atoms with Gasteiger partial charge < -0.3 is 14.0 Å². The molecule has 0 bridgehead atoms. The molecule has 4 aromatic carbocycles. The van der Waals surface area contributed by atoms with Gasteiger partial charge in [0.25, 0.3) is 0 Å². The molecule has 0 amide bonds. The SMILES string of the molecule is CC(C)Cc1cc(-c2[c-]cccc2)ncc1[Si](C)(C)C.[2H]c1nc(-c2[c-]ccc3c2oc2nc(C)ccc23)n(-c2c(C(C)C)cc(-c3ccccc3)cc2C(C)C)c1[2H].[Ir]. The van der Waals surface area contributed by atoms with Gasteiger partial charge in [-0.25, -0.2) is 4.98 Å². The van der Waals surface area contributed by atoms with Gasteiger partial charge in [-0.1, -0.05) is 114 Å². The fourth-order valence-electron chi connectivity index (χ4n) is 7.54. The molecule has 0 N–H and O–H groups in total. The first kappa shape index (κ1) is 39.9. The predicted molar refractivity (Wildman–Crippen MR) is 241 cm³/mol. The molecular weight excluding hydrogens is 905 g/mol. The van der Waals surface area contributed by atoms with E-state index in [9.17, 15) is 0 Å². The zero-order chi connectivity index (χ0) is 42.2. The third-order valence-electron chi connectivity index (χ3n) is 10.4. The van der Waals surface area contributed by atoms with Crippen LogP contribution in [-0.4, -0.2) is 27.6 Å². The number of rotatable bonds is 9. The summed E-state index contributed by atoms with van der Waals surface area (Å²) in [5, 5.41) is 3.32. The molecule has 58 heavy (non-hydrogen) atoms. The van der Waals surface area contributed by atoms with Gasteiger partial charge >= 0.3 is 0 Å². The Morgan fingerprint density at radius 3 is 2.12 bits per heavy atom. The zero-order valence-electron chi connectivity index (χ0n) is 37.3. The Morgan fingerprint density at radius 1 is 0.776 bits per heavy atom. The third-order valence-corrected chi connectivity index (χ3v) is 12.4. The van der Waals surface area contributed by atoms with Crippen molar-refractivity contribution in [3.05, 3.63) is 150 Å². The molecule has 299 valence electrons. The van der Waals surface area contributed by atoms with Gasteiger partial charge in [0, 0.05) is 55.4 Å². The van der Waals surface area contributed by atoms with Crippen LogP contribution >= 0.6 is 0 Å². The van der Waals surface area contributed by atoms with Crippen molar-refractivity contribution in [2.45, 2.75) is 86.4 Å². The molecule has 0 saturated heterocycles. The van der Waals surface area contributed by atoms with Gasteiger partial charge in [0.2, 0.25) is 5.71 Å². The first-order valence-electron chi connectivity index (χ1n) is 21.1. The standard InChI is InChI=1S/C33H30N3O.C18H24NSi.Ir/c1-20(2)28-18-24(23-10-7-6-8-11-23)19-29(21(3)4)30(28)36-17-16-34-32(36)27-13-9-12-25-26-15-14-22(5)35-33(26)37-31(25)27;1-14(2)11-16-12-17(15-9-7-6-8-10-15)19-13-18(16)20(3,4)5;/h6-12,14-21H,1-5H3;6-9,12-14H,11H2,1-5H3;/q2*-1;/i16D,17D;;. The smallest absolute Gasteiger partial charge is 0.216 e. The maximum absolute atomic E-state index is 9.00. The Labute approximate surface area is 362 Å². The number of nitrogens with zero attached hydrogens (tertiary/aromatic N) is 4. The van der Waals surface area contributed by atoms with Gasteiger partial charge in [-0.3, -0.25) is 4.98 Å². The summed E-state index contributed by atoms with van der Waals surface area (Å²) in [6, 6.07) is 39.5. The number of aromatic nitrogens is 4. The van der Waals surface area contributed by atoms with E-state index in [2.05, 4.69) is 143 Å². The molecule has 0 unspecified atom stereocenters. The van der Waals surface area contributed by atoms with Crippen molar-refractivity contribution >= 4 is 35.3 Å². The molecular formula is C51H54IrN4OSi-2. The number of imidazole rings is 1. The van der Waals surface area contributed by atoms with Crippen molar-refractivity contribution in [3.63, 3.8) is 0 Å². The Kier molecular flexibility index (Phi) is 12.3. The van der Waals surface area contributed by atoms with E-state index in [1.807, 2.05) is 60.0 Å². The Morgan fingerprint density at radius 2 is 1.48 bits per heavy atom. The fourth-order valence-corrected chi connectivity index (χ4v) is 9.13. The first-order valence-corrected chi connectivity index (χ1v) is 23.6.